The van der Waals surface area contributed by atoms with Crippen LogP contribution in [0.4, 0.5) is 5.69 Å². The summed E-state index contributed by atoms with van der Waals surface area (Å²) in [4.78, 5) is 14.2. The van der Waals surface area contributed by atoms with Crippen molar-refractivity contribution in [1.29, 1.82) is 0 Å². The van der Waals surface area contributed by atoms with E-state index < -0.39 is 5.97 Å². The van der Waals surface area contributed by atoms with Crippen molar-refractivity contribution in [2.24, 2.45) is 0 Å². The van der Waals surface area contributed by atoms with E-state index in [1.807, 2.05) is 0 Å². The number of benzene rings is 1. The van der Waals surface area contributed by atoms with Gasteiger partial charge in [-0.3, -0.25) is 4.90 Å². The molecule has 0 spiro atoms. The van der Waals surface area contributed by atoms with Gasteiger partial charge in [-0.1, -0.05) is 18.0 Å². The molecular weight excluding hydrogens is 280 g/mol. The highest BCUT2D eigenvalue weighted by molar-refractivity contribution is 6.33. The summed E-state index contributed by atoms with van der Waals surface area (Å²) in [5.74, 6) is -0.0788. The number of hydrogen-bond donors (Lipinski definition) is 1. The molecule has 0 saturated carbocycles. The summed E-state index contributed by atoms with van der Waals surface area (Å²) in [6.07, 6.45) is 3.54. The molecule has 1 aliphatic heterocycles. The molecule has 0 bridgehead atoms. The molecule has 20 heavy (non-hydrogen) atoms. The van der Waals surface area contributed by atoms with Crippen LogP contribution in [0.2, 0.25) is 5.02 Å². The molecule has 1 aromatic carbocycles. The first-order valence-electron chi connectivity index (χ1n) is 6.64. The summed E-state index contributed by atoms with van der Waals surface area (Å²) in [5, 5.41) is 0.315. The fraction of sp³-hybridized carbons (Fsp3) is 0.500. The van der Waals surface area contributed by atoms with E-state index in [4.69, 9.17) is 26.8 Å². The molecule has 2 rings (SSSR count). The zero-order valence-electron chi connectivity index (χ0n) is 11.5. The Morgan fingerprint density at radius 3 is 2.70 bits per heavy atom. The number of anilines is 1. The van der Waals surface area contributed by atoms with Crippen molar-refractivity contribution in [1.82, 2.24) is 4.90 Å². The summed E-state index contributed by atoms with van der Waals surface area (Å²) in [5.41, 5.74) is 6.35. The summed E-state index contributed by atoms with van der Waals surface area (Å²) in [7, 11) is 1.48. The number of nitrogens with two attached hydrogens (primary N) is 1. The van der Waals surface area contributed by atoms with E-state index in [1.54, 1.807) is 0 Å². The number of carbonyl (C=O) groups excluding carboxylic acids is 1. The summed E-state index contributed by atoms with van der Waals surface area (Å²) in [6.45, 7) is 2.23. The standard InChI is InChI=1S/C14H19ClN2O3/c1-19-13-8-12(16)11(15)7-10(13)14(18)20-9-17-5-3-2-4-6-17/h7-8H,2-6,9,16H2,1H3. The first-order chi connectivity index (χ1) is 9.61. The third-order valence-corrected chi connectivity index (χ3v) is 3.69. The van der Waals surface area contributed by atoms with Crippen LogP contribution in [0, 0.1) is 0 Å². The minimum absolute atomic E-state index is 0.295. The van der Waals surface area contributed by atoms with Gasteiger partial charge < -0.3 is 15.2 Å². The van der Waals surface area contributed by atoms with E-state index in [-0.39, 0.29) is 0 Å². The molecule has 0 radical (unpaired) electrons. The van der Waals surface area contributed by atoms with Crippen LogP contribution in [0.1, 0.15) is 29.6 Å². The second-order valence-electron chi connectivity index (χ2n) is 4.81. The van der Waals surface area contributed by atoms with Crippen molar-refractivity contribution in [2.45, 2.75) is 19.3 Å². The van der Waals surface area contributed by atoms with Crippen LogP contribution in [0.5, 0.6) is 5.75 Å². The number of carbonyl (C=O) groups is 1. The molecule has 1 aliphatic rings. The van der Waals surface area contributed by atoms with Crippen LogP contribution in [0.3, 0.4) is 0 Å². The van der Waals surface area contributed by atoms with Crippen molar-refractivity contribution in [3.05, 3.63) is 22.7 Å². The number of halogens is 1. The fourth-order valence-electron chi connectivity index (χ4n) is 2.21. The van der Waals surface area contributed by atoms with E-state index in [2.05, 4.69) is 4.90 Å². The molecule has 1 saturated heterocycles. The van der Waals surface area contributed by atoms with Crippen LogP contribution in [-0.2, 0) is 4.74 Å². The van der Waals surface area contributed by atoms with Crippen molar-refractivity contribution in [3.63, 3.8) is 0 Å². The zero-order valence-corrected chi connectivity index (χ0v) is 12.3. The van der Waals surface area contributed by atoms with Gasteiger partial charge in [0.2, 0.25) is 0 Å². The van der Waals surface area contributed by atoms with Crippen LogP contribution < -0.4 is 10.5 Å². The lowest BCUT2D eigenvalue weighted by molar-refractivity contribution is 0.0168. The molecular formula is C14H19ClN2O3. The van der Waals surface area contributed by atoms with Gasteiger partial charge in [0.05, 0.1) is 17.8 Å². The normalized spacial score (nSPS) is 15.9. The van der Waals surface area contributed by atoms with E-state index in [1.165, 1.54) is 25.7 Å². The number of esters is 1. The van der Waals surface area contributed by atoms with E-state index in [0.717, 1.165) is 25.9 Å². The van der Waals surface area contributed by atoms with E-state index >= 15 is 0 Å². The maximum Gasteiger partial charge on any atom is 0.343 e. The van der Waals surface area contributed by atoms with Crippen molar-refractivity contribution < 1.29 is 14.3 Å². The Hall–Kier alpha value is -1.46. The number of rotatable bonds is 4. The Morgan fingerprint density at radius 1 is 1.35 bits per heavy atom. The molecule has 0 aliphatic carbocycles. The Labute approximate surface area is 123 Å². The van der Waals surface area contributed by atoms with Gasteiger partial charge in [-0.2, -0.15) is 0 Å². The van der Waals surface area contributed by atoms with Gasteiger partial charge in [-0.05, 0) is 18.9 Å². The van der Waals surface area contributed by atoms with Gasteiger partial charge in [0.1, 0.15) is 18.0 Å². The quantitative estimate of drug-likeness (QED) is 0.683. The lowest BCUT2D eigenvalue weighted by Crippen LogP contribution is -2.33. The highest BCUT2D eigenvalue weighted by Gasteiger charge is 2.18. The van der Waals surface area contributed by atoms with Crippen LogP contribution in [0.15, 0.2) is 12.1 Å². The second kappa shape index (κ2) is 6.81. The highest BCUT2D eigenvalue weighted by Crippen LogP contribution is 2.29. The number of piperidine rings is 1. The highest BCUT2D eigenvalue weighted by atomic mass is 35.5. The lowest BCUT2D eigenvalue weighted by atomic mass is 10.1. The van der Waals surface area contributed by atoms with Gasteiger partial charge in [-0.15, -0.1) is 0 Å². The van der Waals surface area contributed by atoms with Crippen LogP contribution in [-0.4, -0.2) is 37.8 Å². The molecule has 0 unspecified atom stereocenters. The SMILES string of the molecule is COc1cc(N)c(Cl)cc1C(=O)OCN1CCCCC1. The van der Waals surface area contributed by atoms with E-state index in [9.17, 15) is 4.79 Å². The van der Waals surface area contributed by atoms with Gasteiger partial charge in [-0.25, -0.2) is 4.79 Å². The van der Waals surface area contributed by atoms with Gasteiger partial charge >= 0.3 is 5.97 Å². The molecule has 1 heterocycles. The number of nitrogen functional groups attached to an aromatic ring is 1. The van der Waals surface area contributed by atoms with Gasteiger partial charge in [0, 0.05) is 19.2 Å². The van der Waals surface area contributed by atoms with Gasteiger partial charge in [0.25, 0.3) is 0 Å². The Bertz CT molecular complexity index is 488. The lowest BCUT2D eigenvalue weighted by Gasteiger charge is -2.25. The van der Waals surface area contributed by atoms with E-state index in [0.29, 0.717) is 28.8 Å². The predicted molar refractivity (Wildman–Crippen MR) is 78.1 cm³/mol. The number of ether oxygens (including phenoxy) is 2. The Balaban J connectivity index is 2.02. The Kier molecular flexibility index (Phi) is 5.09. The molecule has 0 aromatic heterocycles. The number of hydrogen-bond acceptors (Lipinski definition) is 5. The monoisotopic (exact) mass is 298 g/mol. The largest absolute Gasteiger partial charge is 0.496 e. The summed E-state index contributed by atoms with van der Waals surface area (Å²) < 4.78 is 10.5. The molecule has 5 nitrogen and oxygen atoms in total. The molecule has 2 N–H and O–H groups in total. The smallest absolute Gasteiger partial charge is 0.343 e. The van der Waals surface area contributed by atoms with Gasteiger partial charge in [0.15, 0.2) is 0 Å². The molecule has 0 atom stereocenters. The minimum atomic E-state index is -0.450. The minimum Gasteiger partial charge on any atom is -0.496 e. The van der Waals surface area contributed by atoms with Crippen molar-refractivity contribution in [3.8, 4) is 5.75 Å². The molecule has 110 valence electrons. The summed E-state index contributed by atoms with van der Waals surface area (Å²) in [6, 6.07) is 3.01. The van der Waals surface area contributed by atoms with Crippen LogP contribution in [0.25, 0.3) is 0 Å². The molecule has 6 heteroatoms. The topological polar surface area (TPSA) is 64.8 Å². The Morgan fingerprint density at radius 2 is 2.05 bits per heavy atom. The third-order valence-electron chi connectivity index (χ3n) is 3.37. The zero-order chi connectivity index (χ0) is 14.5. The number of methoxy groups -OCH3 is 1. The number of nitrogens with zero attached hydrogens (tertiary/aromatic N) is 1. The fourth-order valence-corrected chi connectivity index (χ4v) is 2.38. The maximum absolute atomic E-state index is 12.1. The maximum atomic E-state index is 12.1. The average Bonchev–Trinajstić information content (AvgIpc) is 2.48. The van der Waals surface area contributed by atoms with Crippen molar-refractivity contribution >= 4 is 23.3 Å². The third kappa shape index (κ3) is 3.55. The average molecular weight is 299 g/mol. The molecule has 1 aromatic rings. The second-order valence-corrected chi connectivity index (χ2v) is 5.22. The van der Waals surface area contributed by atoms with Crippen LogP contribution >= 0.6 is 11.6 Å². The number of likely N-dealkylation sites (tertiary alicyclic amines) is 1. The first-order valence-corrected chi connectivity index (χ1v) is 7.02. The summed E-state index contributed by atoms with van der Waals surface area (Å²) >= 11 is 5.94. The molecule has 0 amide bonds. The predicted octanol–water partition coefficient (Wildman–Crippen LogP) is 2.53. The molecule has 1 fully saturated rings. The van der Waals surface area contributed by atoms with Crippen molar-refractivity contribution in [2.75, 3.05) is 32.7 Å². The first kappa shape index (κ1) is 14.9.